The standard InChI is InChI=1S/C12H20N2O5/c15-10(16)6-5-9(12(18)19)14-11(17)8-4-2-1-3-7-13-8/h8-9,13H,1-7H2,(H,14,17)(H,15,16)(H,18,19). The average molecular weight is 272 g/mol. The average Bonchev–Trinajstić information content (AvgIpc) is 2.62. The van der Waals surface area contributed by atoms with Gasteiger partial charge in [-0.2, -0.15) is 0 Å². The second-order valence-electron chi connectivity index (χ2n) is 4.69. The summed E-state index contributed by atoms with van der Waals surface area (Å²) in [5.41, 5.74) is 0. The largest absolute Gasteiger partial charge is 0.481 e. The highest BCUT2D eigenvalue weighted by atomic mass is 16.4. The van der Waals surface area contributed by atoms with Crippen LogP contribution in [0.1, 0.15) is 38.5 Å². The van der Waals surface area contributed by atoms with Crippen molar-refractivity contribution in [2.75, 3.05) is 6.54 Å². The van der Waals surface area contributed by atoms with Gasteiger partial charge >= 0.3 is 11.9 Å². The summed E-state index contributed by atoms with van der Waals surface area (Å²) >= 11 is 0. The monoisotopic (exact) mass is 272 g/mol. The SMILES string of the molecule is O=C(O)CCC(NC(=O)C1CCCCCN1)C(=O)O. The van der Waals surface area contributed by atoms with Gasteiger partial charge in [0.1, 0.15) is 6.04 Å². The molecule has 0 spiro atoms. The Morgan fingerprint density at radius 3 is 2.58 bits per heavy atom. The second-order valence-corrected chi connectivity index (χ2v) is 4.69. The smallest absolute Gasteiger partial charge is 0.326 e. The van der Waals surface area contributed by atoms with Crippen LogP contribution >= 0.6 is 0 Å². The molecule has 0 aromatic rings. The molecule has 1 amide bonds. The van der Waals surface area contributed by atoms with Crippen LogP contribution in [0.3, 0.4) is 0 Å². The number of carboxylic acids is 2. The molecule has 2 unspecified atom stereocenters. The molecule has 0 aromatic heterocycles. The molecule has 0 saturated carbocycles. The third-order valence-electron chi connectivity index (χ3n) is 3.14. The Balaban J connectivity index is 2.49. The van der Waals surface area contributed by atoms with Gasteiger partial charge in [0.05, 0.1) is 6.04 Å². The van der Waals surface area contributed by atoms with E-state index in [4.69, 9.17) is 10.2 Å². The molecule has 0 radical (unpaired) electrons. The van der Waals surface area contributed by atoms with Gasteiger partial charge in [-0.15, -0.1) is 0 Å². The van der Waals surface area contributed by atoms with Gasteiger partial charge in [-0.05, 0) is 25.8 Å². The molecule has 0 aliphatic carbocycles. The van der Waals surface area contributed by atoms with E-state index in [1.54, 1.807) is 0 Å². The summed E-state index contributed by atoms with van der Waals surface area (Å²) in [6, 6.07) is -1.53. The van der Waals surface area contributed by atoms with Crippen molar-refractivity contribution < 1.29 is 24.6 Å². The summed E-state index contributed by atoms with van der Waals surface area (Å²) in [4.78, 5) is 33.3. The van der Waals surface area contributed by atoms with E-state index in [0.717, 1.165) is 25.8 Å². The third-order valence-corrected chi connectivity index (χ3v) is 3.14. The van der Waals surface area contributed by atoms with E-state index in [9.17, 15) is 14.4 Å². The molecule has 1 heterocycles. The van der Waals surface area contributed by atoms with Gasteiger partial charge in [0, 0.05) is 6.42 Å². The van der Waals surface area contributed by atoms with E-state index in [0.29, 0.717) is 6.42 Å². The van der Waals surface area contributed by atoms with E-state index in [1.165, 1.54) is 0 Å². The van der Waals surface area contributed by atoms with Gasteiger partial charge in [0.15, 0.2) is 0 Å². The Morgan fingerprint density at radius 1 is 1.21 bits per heavy atom. The van der Waals surface area contributed by atoms with Gasteiger partial charge in [-0.25, -0.2) is 4.79 Å². The summed E-state index contributed by atoms with van der Waals surface area (Å²) in [5, 5.41) is 23.0. The molecule has 0 aromatic carbocycles. The van der Waals surface area contributed by atoms with Crippen LogP contribution in [-0.2, 0) is 14.4 Å². The minimum atomic E-state index is -1.21. The van der Waals surface area contributed by atoms with Crippen LogP contribution in [0.2, 0.25) is 0 Å². The van der Waals surface area contributed by atoms with Gasteiger partial charge in [-0.1, -0.05) is 12.8 Å². The van der Waals surface area contributed by atoms with E-state index in [-0.39, 0.29) is 24.8 Å². The van der Waals surface area contributed by atoms with Crippen LogP contribution in [0.4, 0.5) is 0 Å². The quantitative estimate of drug-likeness (QED) is 0.539. The van der Waals surface area contributed by atoms with Gasteiger partial charge in [0.2, 0.25) is 5.91 Å². The Labute approximate surface area is 111 Å². The topological polar surface area (TPSA) is 116 Å². The maximum absolute atomic E-state index is 11.9. The molecular weight excluding hydrogens is 252 g/mol. The third kappa shape index (κ3) is 5.69. The zero-order valence-corrected chi connectivity index (χ0v) is 10.7. The zero-order valence-electron chi connectivity index (χ0n) is 10.7. The van der Waals surface area contributed by atoms with Crippen molar-refractivity contribution in [3.63, 3.8) is 0 Å². The van der Waals surface area contributed by atoms with E-state index in [1.807, 2.05) is 0 Å². The van der Waals surface area contributed by atoms with Crippen molar-refractivity contribution in [2.24, 2.45) is 0 Å². The number of carboxylic acid groups (broad SMARTS) is 2. The molecule has 1 aliphatic rings. The van der Waals surface area contributed by atoms with Crippen molar-refractivity contribution in [2.45, 2.75) is 50.6 Å². The highest BCUT2D eigenvalue weighted by Gasteiger charge is 2.25. The van der Waals surface area contributed by atoms with Gasteiger partial charge in [-0.3, -0.25) is 9.59 Å². The first kappa shape index (κ1) is 15.4. The summed E-state index contributed by atoms with van der Waals surface area (Å²) in [6.07, 6.45) is 3.27. The minimum absolute atomic E-state index is 0.108. The van der Waals surface area contributed by atoms with Crippen LogP contribution in [0.25, 0.3) is 0 Å². The molecule has 19 heavy (non-hydrogen) atoms. The number of carbonyl (C=O) groups is 3. The summed E-state index contributed by atoms with van der Waals surface area (Å²) in [7, 11) is 0. The molecule has 108 valence electrons. The Morgan fingerprint density at radius 2 is 1.95 bits per heavy atom. The highest BCUT2D eigenvalue weighted by molar-refractivity contribution is 5.87. The van der Waals surface area contributed by atoms with Gasteiger partial charge in [0.25, 0.3) is 0 Å². The van der Waals surface area contributed by atoms with Crippen molar-refractivity contribution >= 4 is 17.8 Å². The molecule has 7 heteroatoms. The first-order chi connectivity index (χ1) is 9.00. The van der Waals surface area contributed by atoms with E-state index < -0.39 is 18.0 Å². The lowest BCUT2D eigenvalue weighted by molar-refractivity contribution is -0.143. The Kier molecular flexibility index (Phi) is 6.27. The number of aliphatic carboxylic acids is 2. The zero-order chi connectivity index (χ0) is 14.3. The van der Waals surface area contributed by atoms with Crippen LogP contribution < -0.4 is 10.6 Å². The summed E-state index contributed by atoms with van der Waals surface area (Å²) in [6.45, 7) is 0.741. The molecule has 7 nitrogen and oxygen atoms in total. The first-order valence-electron chi connectivity index (χ1n) is 6.49. The fourth-order valence-corrected chi connectivity index (χ4v) is 2.05. The van der Waals surface area contributed by atoms with Crippen molar-refractivity contribution in [1.29, 1.82) is 0 Å². The fourth-order valence-electron chi connectivity index (χ4n) is 2.05. The lowest BCUT2D eigenvalue weighted by Gasteiger charge is -2.19. The second kappa shape index (κ2) is 7.73. The molecule has 4 N–H and O–H groups in total. The molecule has 1 saturated heterocycles. The lowest BCUT2D eigenvalue weighted by Crippen LogP contribution is -2.50. The maximum atomic E-state index is 11.9. The normalized spacial score (nSPS) is 21.2. The Hall–Kier alpha value is -1.63. The number of hydrogen-bond acceptors (Lipinski definition) is 4. The van der Waals surface area contributed by atoms with Crippen molar-refractivity contribution in [1.82, 2.24) is 10.6 Å². The number of nitrogens with one attached hydrogen (secondary N) is 2. The minimum Gasteiger partial charge on any atom is -0.481 e. The highest BCUT2D eigenvalue weighted by Crippen LogP contribution is 2.09. The molecule has 1 rings (SSSR count). The van der Waals surface area contributed by atoms with Gasteiger partial charge < -0.3 is 20.8 Å². The summed E-state index contributed by atoms with van der Waals surface area (Å²) in [5.74, 6) is -2.64. The first-order valence-corrected chi connectivity index (χ1v) is 6.49. The number of carbonyl (C=O) groups excluding carboxylic acids is 1. The van der Waals surface area contributed by atoms with Crippen LogP contribution in [0, 0.1) is 0 Å². The maximum Gasteiger partial charge on any atom is 0.326 e. The molecule has 2 atom stereocenters. The Bertz CT molecular complexity index is 337. The number of amides is 1. The van der Waals surface area contributed by atoms with Crippen LogP contribution in [0.5, 0.6) is 0 Å². The number of rotatable bonds is 6. The van der Waals surface area contributed by atoms with E-state index in [2.05, 4.69) is 10.6 Å². The molecule has 0 bridgehead atoms. The number of hydrogen-bond donors (Lipinski definition) is 4. The molecule has 1 aliphatic heterocycles. The summed E-state index contributed by atoms with van der Waals surface area (Å²) < 4.78 is 0. The fraction of sp³-hybridized carbons (Fsp3) is 0.750. The molecular formula is C12H20N2O5. The molecule has 1 fully saturated rings. The lowest BCUT2D eigenvalue weighted by atomic mass is 10.1. The van der Waals surface area contributed by atoms with Crippen LogP contribution in [-0.4, -0.2) is 46.7 Å². The van der Waals surface area contributed by atoms with Crippen molar-refractivity contribution in [3.8, 4) is 0 Å². The van der Waals surface area contributed by atoms with E-state index >= 15 is 0 Å². The van der Waals surface area contributed by atoms with Crippen LogP contribution in [0.15, 0.2) is 0 Å². The predicted octanol–water partition coefficient (Wildman–Crippen LogP) is -0.0472. The predicted molar refractivity (Wildman–Crippen MR) is 66.7 cm³/mol. The van der Waals surface area contributed by atoms with Crippen molar-refractivity contribution in [3.05, 3.63) is 0 Å².